The van der Waals surface area contributed by atoms with Crippen molar-refractivity contribution in [2.45, 2.75) is 38.5 Å². The van der Waals surface area contributed by atoms with Crippen LogP contribution in [-0.4, -0.2) is 0 Å². The summed E-state index contributed by atoms with van der Waals surface area (Å²) in [7, 11) is 0. The van der Waals surface area contributed by atoms with Gasteiger partial charge in [-0.15, -0.1) is 6.58 Å². The smallest absolute Gasteiger partial charge is 0.0101 e. The second kappa shape index (κ2) is 4.99. The SMILES string of the molecule is C=C[C@](C)(CCCC)c1ccccc1. The molecule has 0 saturated heterocycles. The van der Waals surface area contributed by atoms with Gasteiger partial charge in [0, 0.05) is 5.41 Å². The van der Waals surface area contributed by atoms with Gasteiger partial charge in [0.15, 0.2) is 0 Å². The van der Waals surface area contributed by atoms with Gasteiger partial charge in [0.2, 0.25) is 0 Å². The Morgan fingerprint density at radius 1 is 1.29 bits per heavy atom. The first-order valence-corrected chi connectivity index (χ1v) is 5.42. The van der Waals surface area contributed by atoms with Crippen LogP contribution >= 0.6 is 0 Å². The first kappa shape index (κ1) is 11.0. The monoisotopic (exact) mass is 188 g/mol. The third-order valence-electron chi connectivity index (χ3n) is 2.93. The van der Waals surface area contributed by atoms with Gasteiger partial charge in [-0.2, -0.15) is 0 Å². The average Bonchev–Trinajstić information content (AvgIpc) is 2.27. The van der Waals surface area contributed by atoms with Crippen molar-refractivity contribution in [1.82, 2.24) is 0 Å². The number of rotatable bonds is 5. The van der Waals surface area contributed by atoms with Crippen LogP contribution in [0, 0.1) is 0 Å². The molecule has 0 spiro atoms. The van der Waals surface area contributed by atoms with E-state index in [1.165, 1.54) is 24.8 Å². The molecule has 0 heteroatoms. The van der Waals surface area contributed by atoms with E-state index in [1.807, 2.05) is 0 Å². The number of allylic oxidation sites excluding steroid dienone is 1. The summed E-state index contributed by atoms with van der Waals surface area (Å²) in [5.74, 6) is 0. The van der Waals surface area contributed by atoms with Gasteiger partial charge < -0.3 is 0 Å². The first-order valence-electron chi connectivity index (χ1n) is 5.42. The minimum absolute atomic E-state index is 0.150. The standard InChI is InChI=1S/C14H20/c1-4-6-12-14(3,5-2)13-10-8-7-9-11-13/h5,7-11H,2,4,6,12H2,1,3H3/t14-/m1/s1. The van der Waals surface area contributed by atoms with E-state index in [-0.39, 0.29) is 5.41 Å². The van der Waals surface area contributed by atoms with Crippen LogP contribution in [0.2, 0.25) is 0 Å². The van der Waals surface area contributed by atoms with E-state index in [4.69, 9.17) is 0 Å². The molecule has 0 unspecified atom stereocenters. The maximum Gasteiger partial charge on any atom is 0.0101 e. The van der Waals surface area contributed by atoms with E-state index in [9.17, 15) is 0 Å². The summed E-state index contributed by atoms with van der Waals surface area (Å²) in [4.78, 5) is 0. The highest BCUT2D eigenvalue weighted by Crippen LogP contribution is 2.30. The zero-order valence-electron chi connectivity index (χ0n) is 9.29. The lowest BCUT2D eigenvalue weighted by Crippen LogP contribution is -2.18. The van der Waals surface area contributed by atoms with Gasteiger partial charge in [-0.1, -0.05) is 63.1 Å². The largest absolute Gasteiger partial charge is 0.102 e. The van der Waals surface area contributed by atoms with Gasteiger partial charge in [-0.3, -0.25) is 0 Å². The topological polar surface area (TPSA) is 0 Å². The minimum Gasteiger partial charge on any atom is -0.102 e. The van der Waals surface area contributed by atoms with Crippen molar-refractivity contribution in [2.75, 3.05) is 0 Å². The van der Waals surface area contributed by atoms with Crippen LogP contribution < -0.4 is 0 Å². The fourth-order valence-electron chi connectivity index (χ4n) is 1.73. The molecule has 0 aliphatic rings. The predicted molar refractivity (Wildman–Crippen MR) is 63.5 cm³/mol. The molecule has 0 radical (unpaired) electrons. The van der Waals surface area contributed by atoms with Crippen molar-refractivity contribution in [3.63, 3.8) is 0 Å². The lowest BCUT2D eigenvalue weighted by Gasteiger charge is -2.26. The fourth-order valence-corrected chi connectivity index (χ4v) is 1.73. The molecule has 0 fully saturated rings. The summed E-state index contributed by atoms with van der Waals surface area (Å²) in [6.45, 7) is 8.46. The maximum absolute atomic E-state index is 3.96. The highest BCUT2D eigenvalue weighted by Gasteiger charge is 2.21. The fraction of sp³-hybridized carbons (Fsp3) is 0.429. The Morgan fingerprint density at radius 2 is 1.93 bits per heavy atom. The van der Waals surface area contributed by atoms with E-state index in [2.05, 4.69) is 56.8 Å². The van der Waals surface area contributed by atoms with Gasteiger partial charge >= 0.3 is 0 Å². The molecular formula is C14H20. The Balaban J connectivity index is 2.84. The van der Waals surface area contributed by atoms with E-state index < -0.39 is 0 Å². The summed E-state index contributed by atoms with van der Waals surface area (Å²) < 4.78 is 0. The van der Waals surface area contributed by atoms with Crippen LogP contribution in [0.15, 0.2) is 43.0 Å². The summed E-state index contributed by atoms with van der Waals surface area (Å²) >= 11 is 0. The molecule has 76 valence electrons. The van der Waals surface area contributed by atoms with E-state index in [1.54, 1.807) is 0 Å². The van der Waals surface area contributed by atoms with Crippen LogP contribution in [0.3, 0.4) is 0 Å². The van der Waals surface area contributed by atoms with Crippen molar-refractivity contribution in [3.8, 4) is 0 Å². The van der Waals surface area contributed by atoms with Gasteiger partial charge in [-0.25, -0.2) is 0 Å². The molecule has 1 atom stereocenters. The Hall–Kier alpha value is -1.04. The van der Waals surface area contributed by atoms with Crippen molar-refractivity contribution in [3.05, 3.63) is 48.6 Å². The molecule has 0 aliphatic heterocycles. The number of hydrogen-bond acceptors (Lipinski definition) is 0. The second-order valence-corrected chi connectivity index (χ2v) is 4.09. The van der Waals surface area contributed by atoms with Gasteiger partial charge in [0.25, 0.3) is 0 Å². The van der Waals surface area contributed by atoms with Gasteiger partial charge in [0.05, 0.1) is 0 Å². The zero-order valence-corrected chi connectivity index (χ0v) is 9.29. The lowest BCUT2D eigenvalue weighted by atomic mass is 9.78. The molecule has 0 heterocycles. The van der Waals surface area contributed by atoms with E-state index >= 15 is 0 Å². The van der Waals surface area contributed by atoms with E-state index in [0.717, 1.165) is 0 Å². The summed E-state index contributed by atoms with van der Waals surface area (Å²) in [5.41, 5.74) is 1.53. The summed E-state index contributed by atoms with van der Waals surface area (Å²) in [6.07, 6.45) is 5.78. The van der Waals surface area contributed by atoms with Gasteiger partial charge in [0.1, 0.15) is 0 Å². The van der Waals surface area contributed by atoms with Crippen LogP contribution in [0.25, 0.3) is 0 Å². The maximum atomic E-state index is 3.96. The number of hydrogen-bond donors (Lipinski definition) is 0. The quantitative estimate of drug-likeness (QED) is 0.604. The first-order chi connectivity index (χ1) is 6.73. The van der Waals surface area contributed by atoms with Crippen molar-refractivity contribution < 1.29 is 0 Å². The summed E-state index contributed by atoms with van der Waals surface area (Å²) in [6, 6.07) is 10.6. The highest BCUT2D eigenvalue weighted by atomic mass is 14.2. The van der Waals surface area contributed by atoms with Crippen molar-refractivity contribution in [1.29, 1.82) is 0 Å². The van der Waals surface area contributed by atoms with Crippen molar-refractivity contribution >= 4 is 0 Å². The van der Waals surface area contributed by atoms with Gasteiger partial charge in [-0.05, 0) is 12.0 Å². The molecule has 14 heavy (non-hydrogen) atoms. The molecule has 0 bridgehead atoms. The molecule has 0 aliphatic carbocycles. The Morgan fingerprint density at radius 3 is 2.43 bits per heavy atom. The Labute approximate surface area is 87.7 Å². The second-order valence-electron chi connectivity index (χ2n) is 4.09. The molecule has 1 aromatic rings. The highest BCUT2D eigenvalue weighted by molar-refractivity contribution is 5.28. The Kier molecular flexibility index (Phi) is 3.94. The summed E-state index contributed by atoms with van der Waals surface area (Å²) in [5, 5.41) is 0. The van der Waals surface area contributed by atoms with Crippen LogP contribution in [0.1, 0.15) is 38.7 Å². The van der Waals surface area contributed by atoms with Crippen molar-refractivity contribution in [2.24, 2.45) is 0 Å². The average molecular weight is 188 g/mol. The number of unbranched alkanes of at least 4 members (excludes halogenated alkanes) is 1. The predicted octanol–water partition coefficient (Wildman–Crippen LogP) is 4.32. The number of benzene rings is 1. The third-order valence-corrected chi connectivity index (χ3v) is 2.93. The molecular weight excluding hydrogens is 168 g/mol. The zero-order chi connectivity index (χ0) is 10.4. The third kappa shape index (κ3) is 2.47. The molecule has 1 rings (SSSR count). The Bertz CT molecular complexity index is 273. The van der Waals surface area contributed by atoms with Crippen LogP contribution in [-0.2, 0) is 5.41 Å². The molecule has 0 N–H and O–H groups in total. The molecule has 1 aromatic carbocycles. The van der Waals surface area contributed by atoms with Crippen LogP contribution in [0.5, 0.6) is 0 Å². The molecule has 0 nitrogen and oxygen atoms in total. The minimum atomic E-state index is 0.150. The molecule has 0 amide bonds. The van der Waals surface area contributed by atoms with Crippen LogP contribution in [0.4, 0.5) is 0 Å². The van der Waals surface area contributed by atoms with E-state index in [0.29, 0.717) is 0 Å². The lowest BCUT2D eigenvalue weighted by molar-refractivity contribution is 0.511. The molecule has 0 aromatic heterocycles. The normalized spacial score (nSPS) is 14.7. The molecule has 0 saturated carbocycles.